The van der Waals surface area contributed by atoms with Crippen molar-refractivity contribution in [1.82, 2.24) is 9.97 Å². The molecule has 0 aliphatic rings. The van der Waals surface area contributed by atoms with Crippen LogP contribution in [0.1, 0.15) is 10.4 Å². The minimum absolute atomic E-state index is 0.145. The van der Waals surface area contributed by atoms with Crippen molar-refractivity contribution in [1.29, 1.82) is 0 Å². The van der Waals surface area contributed by atoms with E-state index in [4.69, 9.17) is 0 Å². The molecule has 0 atom stereocenters. The first kappa shape index (κ1) is 14.0. The van der Waals surface area contributed by atoms with Crippen LogP contribution in [0.5, 0.6) is 0 Å². The number of anilines is 1. The summed E-state index contributed by atoms with van der Waals surface area (Å²) >= 11 is 3.47. The van der Waals surface area contributed by atoms with Crippen molar-refractivity contribution < 1.29 is 4.79 Å². The molecule has 0 unspecified atom stereocenters. The standard InChI is InChI=1S/C18H12BrN3O/c19-15-10-21-17-8-12(4-6-14(15)17)18(23)22-13-5-3-11-2-1-7-20-16(11)9-13/h1-10,21H,(H,22,23). The number of aromatic nitrogens is 2. The van der Waals surface area contributed by atoms with Gasteiger partial charge in [0, 0.05) is 44.4 Å². The third-order valence-electron chi connectivity index (χ3n) is 3.76. The quantitative estimate of drug-likeness (QED) is 0.539. The van der Waals surface area contributed by atoms with Gasteiger partial charge in [0.15, 0.2) is 0 Å². The number of nitrogens with one attached hydrogen (secondary N) is 2. The number of halogens is 1. The Bertz CT molecular complexity index is 1040. The summed E-state index contributed by atoms with van der Waals surface area (Å²) < 4.78 is 0.986. The summed E-state index contributed by atoms with van der Waals surface area (Å²) in [6.45, 7) is 0. The Morgan fingerprint density at radius 2 is 2.04 bits per heavy atom. The van der Waals surface area contributed by atoms with Gasteiger partial charge in [-0.05, 0) is 46.3 Å². The number of fused-ring (bicyclic) bond motifs is 2. The molecule has 4 rings (SSSR count). The van der Waals surface area contributed by atoms with Crippen molar-refractivity contribution in [2.24, 2.45) is 0 Å². The lowest BCUT2D eigenvalue weighted by Gasteiger charge is -2.06. The van der Waals surface area contributed by atoms with Gasteiger partial charge in [-0.2, -0.15) is 0 Å². The molecule has 0 fully saturated rings. The van der Waals surface area contributed by atoms with Gasteiger partial charge < -0.3 is 10.3 Å². The van der Waals surface area contributed by atoms with Gasteiger partial charge in [-0.3, -0.25) is 9.78 Å². The smallest absolute Gasteiger partial charge is 0.255 e. The molecule has 0 radical (unpaired) electrons. The first-order valence-corrected chi connectivity index (χ1v) is 7.93. The van der Waals surface area contributed by atoms with Gasteiger partial charge in [0.05, 0.1) is 5.52 Å². The lowest BCUT2D eigenvalue weighted by atomic mass is 10.1. The average Bonchev–Trinajstić information content (AvgIpc) is 2.95. The Balaban J connectivity index is 1.64. The Morgan fingerprint density at radius 3 is 2.96 bits per heavy atom. The minimum Gasteiger partial charge on any atom is -0.360 e. The molecule has 0 aliphatic carbocycles. The molecule has 2 N–H and O–H groups in total. The van der Waals surface area contributed by atoms with Crippen molar-refractivity contribution >= 4 is 49.3 Å². The number of hydrogen-bond donors (Lipinski definition) is 2. The van der Waals surface area contributed by atoms with Crippen molar-refractivity contribution in [3.63, 3.8) is 0 Å². The zero-order valence-corrected chi connectivity index (χ0v) is 13.6. The van der Waals surface area contributed by atoms with Crippen molar-refractivity contribution in [2.75, 3.05) is 5.32 Å². The normalized spacial score (nSPS) is 11.0. The van der Waals surface area contributed by atoms with Crippen molar-refractivity contribution in [3.05, 3.63) is 71.0 Å². The topological polar surface area (TPSA) is 57.8 Å². The van der Waals surface area contributed by atoms with Crippen molar-refractivity contribution in [3.8, 4) is 0 Å². The number of H-pyrrole nitrogens is 1. The Labute approximate surface area is 140 Å². The molecule has 0 saturated heterocycles. The Kier molecular flexibility index (Phi) is 3.35. The SMILES string of the molecule is O=C(Nc1ccc2cccnc2c1)c1ccc2c(Br)c[nH]c2c1. The molecule has 2 aromatic carbocycles. The van der Waals surface area contributed by atoms with Gasteiger partial charge in [0.2, 0.25) is 0 Å². The predicted octanol–water partition coefficient (Wildman–Crippen LogP) is 4.73. The van der Waals surface area contributed by atoms with E-state index in [1.807, 2.05) is 54.7 Å². The fourth-order valence-corrected chi connectivity index (χ4v) is 3.04. The molecule has 0 saturated carbocycles. The highest BCUT2D eigenvalue weighted by Gasteiger charge is 2.09. The highest BCUT2D eigenvalue weighted by Crippen LogP contribution is 2.24. The van der Waals surface area contributed by atoms with E-state index in [-0.39, 0.29) is 5.91 Å². The molecular formula is C18H12BrN3O. The highest BCUT2D eigenvalue weighted by molar-refractivity contribution is 9.10. The Morgan fingerprint density at radius 1 is 1.13 bits per heavy atom. The number of carbonyl (C=O) groups is 1. The van der Waals surface area contributed by atoms with Crippen LogP contribution in [0.2, 0.25) is 0 Å². The van der Waals surface area contributed by atoms with E-state index in [0.717, 1.165) is 32.0 Å². The number of carbonyl (C=O) groups excluding carboxylic acids is 1. The first-order chi connectivity index (χ1) is 11.2. The van der Waals surface area contributed by atoms with Crippen LogP contribution in [-0.2, 0) is 0 Å². The maximum absolute atomic E-state index is 12.4. The third-order valence-corrected chi connectivity index (χ3v) is 4.41. The van der Waals surface area contributed by atoms with Crippen LogP contribution in [0.3, 0.4) is 0 Å². The molecular weight excluding hydrogens is 354 g/mol. The summed E-state index contributed by atoms with van der Waals surface area (Å²) in [5.74, 6) is -0.145. The van der Waals surface area contributed by atoms with Gasteiger partial charge in [0.25, 0.3) is 5.91 Å². The summed E-state index contributed by atoms with van der Waals surface area (Å²) in [7, 11) is 0. The average molecular weight is 366 g/mol. The minimum atomic E-state index is -0.145. The van der Waals surface area contributed by atoms with Crippen LogP contribution in [-0.4, -0.2) is 15.9 Å². The van der Waals surface area contributed by atoms with Gasteiger partial charge in [0.1, 0.15) is 0 Å². The lowest BCUT2D eigenvalue weighted by Crippen LogP contribution is -2.11. The molecule has 4 aromatic rings. The largest absolute Gasteiger partial charge is 0.360 e. The number of hydrogen-bond acceptors (Lipinski definition) is 2. The van der Waals surface area contributed by atoms with E-state index in [9.17, 15) is 4.79 Å². The molecule has 2 aromatic heterocycles. The highest BCUT2D eigenvalue weighted by atomic mass is 79.9. The number of nitrogens with zero attached hydrogens (tertiary/aromatic N) is 1. The summed E-state index contributed by atoms with van der Waals surface area (Å²) in [6, 6.07) is 15.2. The van der Waals surface area contributed by atoms with Crippen molar-refractivity contribution in [2.45, 2.75) is 0 Å². The maximum atomic E-state index is 12.4. The van der Waals surface area contributed by atoms with E-state index in [1.165, 1.54) is 0 Å². The van der Waals surface area contributed by atoms with Crippen LogP contribution in [0.15, 0.2) is 65.4 Å². The van der Waals surface area contributed by atoms with Gasteiger partial charge in [-0.25, -0.2) is 0 Å². The lowest BCUT2D eigenvalue weighted by molar-refractivity contribution is 0.102. The summed E-state index contributed by atoms with van der Waals surface area (Å²) in [6.07, 6.45) is 3.60. The van der Waals surface area contributed by atoms with Gasteiger partial charge >= 0.3 is 0 Å². The molecule has 0 spiro atoms. The zero-order chi connectivity index (χ0) is 15.8. The molecule has 4 nitrogen and oxygen atoms in total. The molecule has 1 amide bonds. The first-order valence-electron chi connectivity index (χ1n) is 7.13. The molecule has 23 heavy (non-hydrogen) atoms. The second-order valence-electron chi connectivity index (χ2n) is 5.26. The second-order valence-corrected chi connectivity index (χ2v) is 6.12. The van der Waals surface area contributed by atoms with Crippen LogP contribution < -0.4 is 5.32 Å². The summed E-state index contributed by atoms with van der Waals surface area (Å²) in [5, 5.41) is 5.01. The summed E-state index contributed by atoms with van der Waals surface area (Å²) in [4.78, 5) is 19.9. The third kappa shape index (κ3) is 2.59. The number of amides is 1. The summed E-state index contributed by atoms with van der Waals surface area (Å²) in [5.41, 5.74) is 3.11. The second kappa shape index (κ2) is 5.52. The number of pyridine rings is 1. The monoisotopic (exact) mass is 365 g/mol. The molecule has 112 valence electrons. The van der Waals surface area contributed by atoms with Crippen LogP contribution in [0.4, 0.5) is 5.69 Å². The fourth-order valence-electron chi connectivity index (χ4n) is 2.58. The van der Waals surface area contributed by atoms with Crippen LogP contribution in [0.25, 0.3) is 21.8 Å². The van der Waals surface area contributed by atoms with Gasteiger partial charge in [-0.1, -0.05) is 18.2 Å². The predicted molar refractivity (Wildman–Crippen MR) is 95.7 cm³/mol. The van der Waals surface area contributed by atoms with Gasteiger partial charge in [-0.15, -0.1) is 0 Å². The number of benzene rings is 2. The maximum Gasteiger partial charge on any atom is 0.255 e. The molecule has 0 aliphatic heterocycles. The van der Waals surface area contributed by atoms with E-state index < -0.39 is 0 Å². The Hall–Kier alpha value is -2.66. The van der Waals surface area contributed by atoms with E-state index in [1.54, 1.807) is 6.20 Å². The van der Waals surface area contributed by atoms with E-state index in [0.29, 0.717) is 5.56 Å². The van der Waals surface area contributed by atoms with E-state index >= 15 is 0 Å². The fraction of sp³-hybridized carbons (Fsp3) is 0. The zero-order valence-electron chi connectivity index (χ0n) is 12.0. The molecule has 5 heteroatoms. The van der Waals surface area contributed by atoms with E-state index in [2.05, 4.69) is 31.2 Å². The molecule has 0 bridgehead atoms. The van der Waals surface area contributed by atoms with Crippen LogP contribution in [0, 0.1) is 0 Å². The molecule has 2 heterocycles. The number of rotatable bonds is 2. The van der Waals surface area contributed by atoms with Crippen LogP contribution >= 0.6 is 15.9 Å². The number of aromatic amines is 1.